The summed E-state index contributed by atoms with van der Waals surface area (Å²) in [6.45, 7) is 7.45. The molecule has 0 bridgehead atoms. The molecule has 0 amide bonds. The third kappa shape index (κ3) is 3.91. The van der Waals surface area contributed by atoms with E-state index in [1.54, 1.807) is 14.2 Å². The van der Waals surface area contributed by atoms with E-state index < -0.39 is 0 Å². The third-order valence-electron chi connectivity index (χ3n) is 4.12. The number of ether oxygens (including phenoxy) is 2. The van der Waals surface area contributed by atoms with Crippen molar-refractivity contribution in [2.75, 3.05) is 33.9 Å². The van der Waals surface area contributed by atoms with Crippen molar-refractivity contribution in [3.05, 3.63) is 0 Å². The monoisotopic (exact) mass is 244 g/mol. The highest BCUT2D eigenvalue weighted by molar-refractivity contribution is 4.90. The lowest BCUT2D eigenvalue weighted by Gasteiger charge is -2.45. The van der Waals surface area contributed by atoms with E-state index in [2.05, 4.69) is 18.7 Å². The molecule has 1 aliphatic rings. The molecule has 0 spiro atoms. The molecule has 4 nitrogen and oxygen atoms in total. The highest BCUT2D eigenvalue weighted by Gasteiger charge is 2.35. The van der Waals surface area contributed by atoms with Crippen molar-refractivity contribution in [2.24, 2.45) is 11.7 Å². The summed E-state index contributed by atoms with van der Waals surface area (Å²) in [6.07, 6.45) is 3.19. The first-order valence-electron chi connectivity index (χ1n) is 6.56. The fraction of sp³-hybridized carbons (Fsp3) is 1.00. The van der Waals surface area contributed by atoms with Gasteiger partial charge < -0.3 is 15.2 Å². The SMILES string of the molecule is COC(CC(C)(CN)N1CCC(C)CC1)OC. The minimum absolute atomic E-state index is 0.0170. The number of likely N-dealkylation sites (tertiary alicyclic amines) is 1. The summed E-state index contributed by atoms with van der Waals surface area (Å²) in [4.78, 5) is 2.50. The number of methoxy groups -OCH3 is 2. The third-order valence-corrected chi connectivity index (χ3v) is 4.12. The molecule has 4 heteroatoms. The van der Waals surface area contributed by atoms with Crippen LogP contribution in [0.25, 0.3) is 0 Å². The smallest absolute Gasteiger partial charge is 0.158 e. The van der Waals surface area contributed by atoms with Gasteiger partial charge in [0, 0.05) is 32.7 Å². The molecule has 2 N–H and O–H groups in total. The van der Waals surface area contributed by atoms with Gasteiger partial charge >= 0.3 is 0 Å². The Bertz CT molecular complexity index is 213. The Morgan fingerprint density at radius 2 is 1.82 bits per heavy atom. The number of hydrogen-bond donors (Lipinski definition) is 1. The zero-order chi connectivity index (χ0) is 12.9. The van der Waals surface area contributed by atoms with E-state index in [4.69, 9.17) is 15.2 Å². The molecule has 0 radical (unpaired) electrons. The zero-order valence-corrected chi connectivity index (χ0v) is 11.7. The van der Waals surface area contributed by atoms with E-state index in [9.17, 15) is 0 Å². The molecule has 1 atom stereocenters. The highest BCUT2D eigenvalue weighted by atomic mass is 16.7. The average Bonchev–Trinajstić information content (AvgIpc) is 2.36. The predicted molar refractivity (Wildman–Crippen MR) is 69.9 cm³/mol. The lowest BCUT2D eigenvalue weighted by atomic mass is 9.89. The van der Waals surface area contributed by atoms with E-state index >= 15 is 0 Å². The molecule has 1 fully saturated rings. The Kier molecular flexibility index (Phi) is 5.86. The van der Waals surface area contributed by atoms with Gasteiger partial charge in [-0.2, -0.15) is 0 Å². The number of rotatable bonds is 6. The molecule has 0 aromatic heterocycles. The van der Waals surface area contributed by atoms with Crippen molar-refractivity contribution in [3.8, 4) is 0 Å². The van der Waals surface area contributed by atoms with Crippen LogP contribution in [-0.2, 0) is 9.47 Å². The second kappa shape index (κ2) is 6.69. The van der Waals surface area contributed by atoms with Crippen molar-refractivity contribution >= 4 is 0 Å². The first-order chi connectivity index (χ1) is 8.05. The second-order valence-electron chi connectivity index (χ2n) is 5.48. The number of piperidine rings is 1. The van der Waals surface area contributed by atoms with E-state index in [0.717, 1.165) is 25.4 Å². The molecule has 0 aliphatic carbocycles. The van der Waals surface area contributed by atoms with Gasteiger partial charge in [-0.05, 0) is 38.8 Å². The first-order valence-corrected chi connectivity index (χ1v) is 6.56. The van der Waals surface area contributed by atoms with Gasteiger partial charge in [0.1, 0.15) is 0 Å². The summed E-state index contributed by atoms with van der Waals surface area (Å²) in [5.74, 6) is 0.842. The standard InChI is InChI=1S/C13H28N2O2/c1-11-5-7-15(8-6-11)13(2,10-14)9-12(16-3)17-4/h11-12H,5-10,14H2,1-4H3. The van der Waals surface area contributed by atoms with E-state index in [1.165, 1.54) is 12.8 Å². The maximum Gasteiger partial charge on any atom is 0.158 e. The Balaban J connectivity index is 2.60. The molecule has 1 rings (SSSR count). The first kappa shape index (κ1) is 14.9. The van der Waals surface area contributed by atoms with Crippen LogP contribution in [0.15, 0.2) is 0 Å². The van der Waals surface area contributed by atoms with Crippen molar-refractivity contribution < 1.29 is 9.47 Å². The van der Waals surface area contributed by atoms with Crippen LogP contribution in [0.4, 0.5) is 0 Å². The van der Waals surface area contributed by atoms with E-state index in [0.29, 0.717) is 6.54 Å². The summed E-state index contributed by atoms with van der Waals surface area (Å²) in [6, 6.07) is 0. The van der Waals surface area contributed by atoms with Crippen molar-refractivity contribution in [3.63, 3.8) is 0 Å². The van der Waals surface area contributed by atoms with Crippen molar-refractivity contribution in [1.29, 1.82) is 0 Å². The predicted octanol–water partition coefficient (Wildman–Crippen LogP) is 1.44. The van der Waals surface area contributed by atoms with Crippen LogP contribution >= 0.6 is 0 Å². The topological polar surface area (TPSA) is 47.7 Å². The van der Waals surface area contributed by atoms with Gasteiger partial charge in [0.25, 0.3) is 0 Å². The van der Waals surface area contributed by atoms with Crippen LogP contribution in [0.2, 0.25) is 0 Å². The fourth-order valence-electron chi connectivity index (χ4n) is 2.51. The van der Waals surface area contributed by atoms with E-state index in [1.807, 2.05) is 0 Å². The van der Waals surface area contributed by atoms with Gasteiger partial charge in [0.05, 0.1) is 0 Å². The fourth-order valence-corrected chi connectivity index (χ4v) is 2.51. The lowest BCUT2D eigenvalue weighted by molar-refractivity contribution is -0.130. The molecule has 1 unspecified atom stereocenters. The van der Waals surface area contributed by atoms with Gasteiger partial charge in [-0.1, -0.05) is 6.92 Å². The lowest BCUT2D eigenvalue weighted by Crippen LogP contribution is -2.56. The Morgan fingerprint density at radius 1 is 1.29 bits per heavy atom. The molecule has 1 heterocycles. The Labute approximate surface area is 105 Å². The highest BCUT2D eigenvalue weighted by Crippen LogP contribution is 2.27. The largest absolute Gasteiger partial charge is 0.356 e. The summed E-state index contributed by atoms with van der Waals surface area (Å²) in [5.41, 5.74) is 5.96. The summed E-state index contributed by atoms with van der Waals surface area (Å²) >= 11 is 0. The summed E-state index contributed by atoms with van der Waals surface area (Å²) in [7, 11) is 3.37. The maximum atomic E-state index is 5.98. The second-order valence-corrected chi connectivity index (χ2v) is 5.48. The van der Waals surface area contributed by atoms with Crippen LogP contribution in [0.5, 0.6) is 0 Å². The average molecular weight is 244 g/mol. The molecule has 17 heavy (non-hydrogen) atoms. The zero-order valence-electron chi connectivity index (χ0n) is 11.7. The van der Waals surface area contributed by atoms with Gasteiger partial charge in [-0.3, -0.25) is 4.90 Å². The molecular formula is C13H28N2O2. The minimum Gasteiger partial charge on any atom is -0.356 e. The summed E-state index contributed by atoms with van der Waals surface area (Å²) < 4.78 is 10.6. The van der Waals surface area contributed by atoms with Crippen LogP contribution in [-0.4, -0.2) is 50.6 Å². The molecule has 0 aromatic rings. The van der Waals surface area contributed by atoms with Gasteiger partial charge in [0.15, 0.2) is 6.29 Å². The molecule has 1 saturated heterocycles. The van der Waals surface area contributed by atoms with Gasteiger partial charge in [-0.15, -0.1) is 0 Å². The molecule has 1 aliphatic heterocycles. The molecule has 0 saturated carbocycles. The molecule has 0 aromatic carbocycles. The maximum absolute atomic E-state index is 5.98. The van der Waals surface area contributed by atoms with Crippen LogP contribution in [0, 0.1) is 5.92 Å². The van der Waals surface area contributed by atoms with Crippen molar-refractivity contribution in [2.45, 2.75) is 44.9 Å². The molecular weight excluding hydrogens is 216 g/mol. The Hall–Kier alpha value is -0.160. The number of hydrogen-bond acceptors (Lipinski definition) is 4. The normalized spacial score (nSPS) is 22.9. The minimum atomic E-state index is -0.164. The van der Waals surface area contributed by atoms with E-state index in [-0.39, 0.29) is 11.8 Å². The van der Waals surface area contributed by atoms with Gasteiger partial charge in [-0.25, -0.2) is 0 Å². The van der Waals surface area contributed by atoms with Crippen LogP contribution in [0.1, 0.15) is 33.1 Å². The Morgan fingerprint density at radius 3 is 2.24 bits per heavy atom. The van der Waals surface area contributed by atoms with Crippen molar-refractivity contribution in [1.82, 2.24) is 4.90 Å². The van der Waals surface area contributed by atoms with Crippen LogP contribution < -0.4 is 5.73 Å². The number of nitrogens with zero attached hydrogens (tertiary/aromatic N) is 1. The summed E-state index contributed by atoms with van der Waals surface area (Å²) in [5, 5.41) is 0. The van der Waals surface area contributed by atoms with Crippen LogP contribution in [0.3, 0.4) is 0 Å². The number of nitrogens with two attached hydrogens (primary N) is 1. The molecule has 102 valence electrons. The van der Waals surface area contributed by atoms with Gasteiger partial charge in [0.2, 0.25) is 0 Å². The quantitative estimate of drug-likeness (QED) is 0.718.